The van der Waals surface area contributed by atoms with Gasteiger partial charge in [0.25, 0.3) is 5.91 Å². The van der Waals surface area contributed by atoms with Crippen LogP contribution in [0.15, 0.2) is 54.6 Å². The zero-order valence-corrected chi connectivity index (χ0v) is 17.9. The largest absolute Gasteiger partial charge is 0.469 e. The Hall–Kier alpha value is -3.94. The van der Waals surface area contributed by atoms with E-state index in [0.29, 0.717) is 16.3 Å². The molecule has 1 N–H and O–H groups in total. The van der Waals surface area contributed by atoms with Gasteiger partial charge in [-0.1, -0.05) is 48.5 Å². The molecule has 32 heavy (non-hydrogen) atoms. The van der Waals surface area contributed by atoms with Gasteiger partial charge >= 0.3 is 17.9 Å². The third kappa shape index (κ3) is 4.54. The van der Waals surface area contributed by atoms with E-state index in [4.69, 9.17) is 9.47 Å². The number of esters is 3. The third-order valence-corrected chi connectivity index (χ3v) is 5.26. The first-order valence-electron chi connectivity index (χ1n) is 9.85. The van der Waals surface area contributed by atoms with Gasteiger partial charge < -0.3 is 19.5 Å². The smallest absolute Gasteiger partial charge is 0.329 e. The van der Waals surface area contributed by atoms with E-state index in [0.717, 1.165) is 32.1 Å². The van der Waals surface area contributed by atoms with Crippen molar-refractivity contribution in [2.75, 3.05) is 21.3 Å². The molecule has 0 heterocycles. The lowest BCUT2D eigenvalue weighted by atomic mass is 9.93. The van der Waals surface area contributed by atoms with E-state index in [1.807, 2.05) is 30.3 Å². The van der Waals surface area contributed by atoms with E-state index in [1.54, 1.807) is 24.3 Å². The van der Waals surface area contributed by atoms with Crippen molar-refractivity contribution >= 4 is 45.4 Å². The molecule has 166 valence electrons. The van der Waals surface area contributed by atoms with Gasteiger partial charge in [0.05, 0.1) is 39.2 Å². The van der Waals surface area contributed by atoms with E-state index >= 15 is 0 Å². The van der Waals surface area contributed by atoms with E-state index in [-0.39, 0.29) is 0 Å². The van der Waals surface area contributed by atoms with Crippen LogP contribution in [0.4, 0.5) is 0 Å². The Morgan fingerprint density at radius 2 is 1.31 bits per heavy atom. The molecule has 0 aromatic heterocycles. The first-order valence-corrected chi connectivity index (χ1v) is 9.85. The van der Waals surface area contributed by atoms with Crippen molar-refractivity contribution in [3.8, 4) is 0 Å². The van der Waals surface area contributed by atoms with Gasteiger partial charge in [-0.2, -0.15) is 0 Å². The molecule has 1 amide bonds. The summed E-state index contributed by atoms with van der Waals surface area (Å²) in [5.74, 6) is -4.40. The minimum Gasteiger partial charge on any atom is -0.469 e. The van der Waals surface area contributed by atoms with Crippen molar-refractivity contribution in [3.63, 3.8) is 0 Å². The molecule has 8 heteroatoms. The van der Waals surface area contributed by atoms with Gasteiger partial charge in [-0.15, -0.1) is 0 Å². The number of rotatable bonds is 7. The summed E-state index contributed by atoms with van der Waals surface area (Å²) in [6.45, 7) is 0. The molecule has 0 bridgehead atoms. The van der Waals surface area contributed by atoms with Gasteiger partial charge in [0.15, 0.2) is 0 Å². The summed E-state index contributed by atoms with van der Waals surface area (Å²) < 4.78 is 14.2. The van der Waals surface area contributed by atoms with Crippen LogP contribution in [0.2, 0.25) is 0 Å². The average Bonchev–Trinajstić information content (AvgIpc) is 2.83. The number of methoxy groups -OCH3 is 3. The summed E-state index contributed by atoms with van der Waals surface area (Å²) >= 11 is 0. The highest BCUT2D eigenvalue weighted by molar-refractivity contribution is 6.18. The zero-order valence-electron chi connectivity index (χ0n) is 17.9. The molecule has 3 rings (SSSR count). The molecule has 2 atom stereocenters. The maximum atomic E-state index is 13.5. The van der Waals surface area contributed by atoms with Crippen LogP contribution in [0.5, 0.6) is 0 Å². The second-order valence-electron chi connectivity index (χ2n) is 7.08. The maximum Gasteiger partial charge on any atom is 0.329 e. The van der Waals surface area contributed by atoms with Crippen LogP contribution in [0, 0.1) is 5.92 Å². The molecule has 0 saturated carbocycles. The SMILES string of the molecule is COC(=O)C[C@@H](C(=O)OC)[C@H](NC(=O)c1c2ccccc2cc2ccccc12)C(=O)OC. The number of carbonyl (C=O) groups excluding carboxylic acids is 4. The quantitative estimate of drug-likeness (QED) is 0.344. The Kier molecular flexibility index (Phi) is 7.04. The van der Waals surface area contributed by atoms with Gasteiger partial charge in [-0.25, -0.2) is 4.79 Å². The van der Waals surface area contributed by atoms with E-state index in [9.17, 15) is 19.2 Å². The number of carbonyl (C=O) groups is 4. The number of hydrogen-bond donors (Lipinski definition) is 1. The van der Waals surface area contributed by atoms with E-state index in [1.165, 1.54) is 0 Å². The molecule has 3 aromatic rings. The van der Waals surface area contributed by atoms with Gasteiger partial charge in [0, 0.05) is 0 Å². The predicted octanol–water partition coefficient (Wildman–Crippen LogP) is 2.62. The van der Waals surface area contributed by atoms with Gasteiger partial charge in [-0.3, -0.25) is 14.4 Å². The van der Waals surface area contributed by atoms with Crippen LogP contribution >= 0.6 is 0 Å². The lowest BCUT2D eigenvalue weighted by Gasteiger charge is -2.24. The minimum absolute atomic E-state index is 0.342. The fraction of sp³-hybridized carbons (Fsp3) is 0.250. The minimum atomic E-state index is -1.46. The zero-order chi connectivity index (χ0) is 23.3. The van der Waals surface area contributed by atoms with Gasteiger partial charge in [0.2, 0.25) is 0 Å². The van der Waals surface area contributed by atoms with Crippen LogP contribution in [-0.2, 0) is 28.6 Å². The Balaban J connectivity index is 2.10. The van der Waals surface area contributed by atoms with Crippen molar-refractivity contribution in [1.82, 2.24) is 5.32 Å². The molecule has 0 unspecified atom stereocenters. The Morgan fingerprint density at radius 1 is 0.781 bits per heavy atom. The molecule has 0 aliphatic heterocycles. The van der Waals surface area contributed by atoms with Gasteiger partial charge in [-0.05, 0) is 27.6 Å². The number of ether oxygens (including phenoxy) is 3. The molecular weight excluding hydrogens is 414 g/mol. The normalized spacial score (nSPS) is 12.6. The van der Waals surface area contributed by atoms with Crippen LogP contribution in [0.25, 0.3) is 21.5 Å². The highest BCUT2D eigenvalue weighted by atomic mass is 16.5. The molecule has 8 nitrogen and oxygen atoms in total. The molecule has 0 fully saturated rings. The second-order valence-corrected chi connectivity index (χ2v) is 7.08. The first kappa shape index (κ1) is 22.7. The highest BCUT2D eigenvalue weighted by Gasteiger charge is 2.39. The Bertz CT molecular complexity index is 1130. The average molecular weight is 437 g/mol. The second kappa shape index (κ2) is 9.91. The molecule has 0 aliphatic rings. The summed E-state index contributed by atoms with van der Waals surface area (Å²) in [7, 11) is 3.41. The molecule has 0 radical (unpaired) electrons. The monoisotopic (exact) mass is 437 g/mol. The number of nitrogens with one attached hydrogen (secondary N) is 1. The van der Waals surface area contributed by atoms with E-state index in [2.05, 4.69) is 10.1 Å². The molecule has 0 aliphatic carbocycles. The Morgan fingerprint density at radius 3 is 1.81 bits per heavy atom. The molecular formula is C24H23NO7. The summed E-state index contributed by atoms with van der Waals surface area (Å²) in [5.41, 5.74) is 0.342. The van der Waals surface area contributed by atoms with Crippen LogP contribution in [0.3, 0.4) is 0 Å². The van der Waals surface area contributed by atoms with Crippen LogP contribution in [-0.4, -0.2) is 51.2 Å². The number of benzene rings is 3. The summed E-state index contributed by atoms with van der Waals surface area (Å²) in [6, 6.07) is 15.2. The topological polar surface area (TPSA) is 108 Å². The summed E-state index contributed by atoms with van der Waals surface area (Å²) in [5, 5.41) is 5.62. The fourth-order valence-corrected chi connectivity index (χ4v) is 3.67. The Labute approximate surface area is 184 Å². The lowest BCUT2D eigenvalue weighted by molar-refractivity contribution is -0.158. The number of fused-ring (bicyclic) bond motifs is 2. The lowest BCUT2D eigenvalue weighted by Crippen LogP contribution is -2.50. The third-order valence-electron chi connectivity index (χ3n) is 5.26. The number of amides is 1. The van der Waals surface area contributed by atoms with Crippen molar-refractivity contribution in [2.24, 2.45) is 5.92 Å². The standard InChI is InChI=1S/C24H23NO7/c1-30-19(26)13-18(23(28)31-2)21(24(29)32-3)25-22(27)20-16-10-6-4-8-14(16)12-15-9-5-7-11-17(15)20/h4-12,18,21H,13H2,1-3H3,(H,25,27)/t18-,21+/m1/s1. The predicted molar refractivity (Wildman–Crippen MR) is 117 cm³/mol. The van der Waals surface area contributed by atoms with Gasteiger partial charge in [0.1, 0.15) is 6.04 Å². The first-order chi connectivity index (χ1) is 15.4. The fourth-order valence-electron chi connectivity index (χ4n) is 3.67. The van der Waals surface area contributed by atoms with E-state index < -0.39 is 42.2 Å². The molecule has 0 saturated heterocycles. The summed E-state index contributed by atoms with van der Waals surface area (Å²) in [4.78, 5) is 50.3. The number of hydrogen-bond acceptors (Lipinski definition) is 7. The van der Waals surface area contributed by atoms with Crippen LogP contribution in [0.1, 0.15) is 16.8 Å². The summed E-state index contributed by atoms with van der Waals surface area (Å²) in [6.07, 6.45) is -0.473. The molecule has 0 spiro atoms. The highest BCUT2D eigenvalue weighted by Crippen LogP contribution is 2.29. The molecule has 3 aromatic carbocycles. The van der Waals surface area contributed by atoms with Crippen LogP contribution < -0.4 is 5.32 Å². The van der Waals surface area contributed by atoms with Crippen molar-refractivity contribution in [3.05, 3.63) is 60.2 Å². The van der Waals surface area contributed by atoms with Crippen molar-refractivity contribution in [1.29, 1.82) is 0 Å². The van der Waals surface area contributed by atoms with Crippen molar-refractivity contribution < 1.29 is 33.4 Å². The maximum absolute atomic E-state index is 13.5. The van der Waals surface area contributed by atoms with Crippen molar-refractivity contribution in [2.45, 2.75) is 12.5 Å².